The van der Waals surface area contributed by atoms with E-state index in [2.05, 4.69) is 17.4 Å². The predicted octanol–water partition coefficient (Wildman–Crippen LogP) is 2.98. The van der Waals surface area contributed by atoms with Crippen molar-refractivity contribution in [2.24, 2.45) is 0 Å². The predicted molar refractivity (Wildman–Crippen MR) is 71.5 cm³/mol. The Morgan fingerprint density at radius 1 is 1.33 bits per heavy atom. The number of ether oxygens (including phenoxy) is 1. The molecule has 1 aliphatic rings. The Morgan fingerprint density at radius 2 is 2.00 bits per heavy atom. The summed E-state index contributed by atoms with van der Waals surface area (Å²) in [5.74, 6) is 1.04. The standard InChI is InChI=1S/C15H19NO2/c1-10-14(11(2)17)8-9-15(16-10)12-4-6-13(18-3)7-5-12/h4-7,15-16H,8-9H2,1-3H3/t15-/m0/s1. The van der Waals surface area contributed by atoms with Crippen LogP contribution in [-0.4, -0.2) is 12.9 Å². The summed E-state index contributed by atoms with van der Waals surface area (Å²) in [6, 6.07) is 8.37. The fourth-order valence-electron chi connectivity index (χ4n) is 2.42. The number of rotatable bonds is 3. The van der Waals surface area contributed by atoms with Gasteiger partial charge in [-0.2, -0.15) is 0 Å². The van der Waals surface area contributed by atoms with Crippen molar-refractivity contribution >= 4 is 5.78 Å². The van der Waals surface area contributed by atoms with E-state index in [-0.39, 0.29) is 5.78 Å². The van der Waals surface area contributed by atoms with E-state index in [0.717, 1.165) is 29.9 Å². The first kappa shape index (κ1) is 12.7. The molecule has 0 aliphatic carbocycles. The largest absolute Gasteiger partial charge is 0.497 e. The van der Waals surface area contributed by atoms with Gasteiger partial charge >= 0.3 is 0 Å². The number of hydrogen-bond donors (Lipinski definition) is 1. The summed E-state index contributed by atoms with van der Waals surface area (Å²) in [4.78, 5) is 11.4. The van der Waals surface area contributed by atoms with Crippen molar-refractivity contribution in [3.63, 3.8) is 0 Å². The first-order chi connectivity index (χ1) is 8.61. The second kappa shape index (κ2) is 5.25. The Morgan fingerprint density at radius 3 is 2.50 bits per heavy atom. The van der Waals surface area contributed by atoms with E-state index < -0.39 is 0 Å². The molecule has 1 N–H and O–H groups in total. The Labute approximate surface area is 108 Å². The molecule has 96 valence electrons. The van der Waals surface area contributed by atoms with E-state index >= 15 is 0 Å². The van der Waals surface area contributed by atoms with Crippen molar-refractivity contribution in [2.45, 2.75) is 32.7 Å². The minimum atomic E-state index is 0.174. The molecule has 18 heavy (non-hydrogen) atoms. The van der Waals surface area contributed by atoms with Gasteiger partial charge in [-0.05, 0) is 44.4 Å². The number of carbonyl (C=O) groups is 1. The average molecular weight is 245 g/mol. The van der Waals surface area contributed by atoms with Gasteiger partial charge in [0.1, 0.15) is 5.75 Å². The molecule has 3 nitrogen and oxygen atoms in total. The van der Waals surface area contributed by atoms with Gasteiger partial charge in [-0.1, -0.05) is 12.1 Å². The maximum Gasteiger partial charge on any atom is 0.157 e. The number of ketones is 1. The van der Waals surface area contributed by atoms with Gasteiger partial charge in [0.05, 0.1) is 13.2 Å². The minimum Gasteiger partial charge on any atom is -0.497 e. The highest BCUT2D eigenvalue weighted by Crippen LogP contribution is 2.29. The van der Waals surface area contributed by atoms with Crippen LogP contribution in [-0.2, 0) is 4.79 Å². The van der Waals surface area contributed by atoms with Crippen molar-refractivity contribution in [1.82, 2.24) is 5.32 Å². The topological polar surface area (TPSA) is 38.3 Å². The molecule has 0 aromatic heterocycles. The van der Waals surface area contributed by atoms with Crippen LogP contribution < -0.4 is 10.1 Å². The van der Waals surface area contributed by atoms with Gasteiger partial charge in [0, 0.05) is 11.3 Å². The van der Waals surface area contributed by atoms with Crippen LogP contribution in [0.4, 0.5) is 0 Å². The highest BCUT2D eigenvalue weighted by molar-refractivity contribution is 5.94. The van der Waals surface area contributed by atoms with Crippen molar-refractivity contribution in [3.05, 3.63) is 41.1 Å². The van der Waals surface area contributed by atoms with E-state index in [1.54, 1.807) is 14.0 Å². The van der Waals surface area contributed by atoms with Crippen LogP contribution in [0.3, 0.4) is 0 Å². The summed E-state index contributed by atoms with van der Waals surface area (Å²) < 4.78 is 5.15. The minimum absolute atomic E-state index is 0.174. The second-order valence-corrected chi connectivity index (χ2v) is 4.67. The van der Waals surface area contributed by atoms with E-state index in [4.69, 9.17) is 4.74 Å². The van der Waals surface area contributed by atoms with Crippen LogP contribution in [0.15, 0.2) is 35.5 Å². The molecule has 3 heteroatoms. The van der Waals surface area contributed by atoms with Gasteiger partial charge in [0.2, 0.25) is 0 Å². The summed E-state index contributed by atoms with van der Waals surface area (Å²) in [6.07, 6.45) is 1.81. The first-order valence-electron chi connectivity index (χ1n) is 6.23. The number of benzene rings is 1. The van der Waals surface area contributed by atoms with E-state index in [1.807, 2.05) is 19.1 Å². The SMILES string of the molecule is COc1ccc([C@@H]2CCC(C(C)=O)=C(C)N2)cc1. The van der Waals surface area contributed by atoms with Crippen molar-refractivity contribution in [2.75, 3.05) is 7.11 Å². The van der Waals surface area contributed by atoms with Crippen LogP contribution in [0.5, 0.6) is 5.75 Å². The maximum atomic E-state index is 11.4. The molecule has 1 aromatic rings. The van der Waals surface area contributed by atoms with Crippen LogP contribution in [0.25, 0.3) is 0 Å². The fraction of sp³-hybridized carbons (Fsp3) is 0.400. The molecule has 0 fully saturated rings. The van der Waals surface area contributed by atoms with Gasteiger partial charge in [-0.15, -0.1) is 0 Å². The highest BCUT2D eigenvalue weighted by atomic mass is 16.5. The first-order valence-corrected chi connectivity index (χ1v) is 6.23. The Bertz CT molecular complexity index is 474. The quantitative estimate of drug-likeness (QED) is 0.889. The number of hydrogen-bond acceptors (Lipinski definition) is 3. The fourth-order valence-corrected chi connectivity index (χ4v) is 2.42. The third-order valence-corrected chi connectivity index (χ3v) is 3.47. The van der Waals surface area contributed by atoms with Crippen molar-refractivity contribution in [3.8, 4) is 5.75 Å². The molecular formula is C15H19NO2. The zero-order valence-electron chi connectivity index (χ0n) is 11.1. The summed E-state index contributed by atoms with van der Waals surface area (Å²) >= 11 is 0. The number of nitrogens with one attached hydrogen (secondary N) is 1. The lowest BCUT2D eigenvalue weighted by atomic mass is 9.92. The van der Waals surface area contributed by atoms with Gasteiger partial charge in [-0.3, -0.25) is 4.79 Å². The monoisotopic (exact) mass is 245 g/mol. The molecule has 0 saturated carbocycles. The zero-order valence-corrected chi connectivity index (χ0v) is 11.1. The van der Waals surface area contributed by atoms with Crippen molar-refractivity contribution in [1.29, 1.82) is 0 Å². The molecule has 2 rings (SSSR count). The summed E-state index contributed by atoms with van der Waals surface area (Å²) in [6.45, 7) is 3.61. The van der Waals surface area contributed by atoms with E-state index in [1.165, 1.54) is 5.56 Å². The second-order valence-electron chi connectivity index (χ2n) is 4.67. The highest BCUT2D eigenvalue weighted by Gasteiger charge is 2.21. The van der Waals surface area contributed by atoms with Gasteiger partial charge in [0.25, 0.3) is 0 Å². The molecule has 1 aromatic carbocycles. The molecule has 1 atom stereocenters. The molecule has 0 unspecified atom stereocenters. The molecule has 1 aliphatic heterocycles. The van der Waals surface area contributed by atoms with E-state index in [0.29, 0.717) is 6.04 Å². The normalized spacial score (nSPS) is 19.4. The van der Waals surface area contributed by atoms with Crippen LogP contribution in [0, 0.1) is 0 Å². The molecule has 0 spiro atoms. The number of methoxy groups -OCH3 is 1. The van der Waals surface area contributed by atoms with Crippen molar-refractivity contribution < 1.29 is 9.53 Å². The zero-order chi connectivity index (χ0) is 13.1. The molecule has 0 bridgehead atoms. The average Bonchev–Trinajstić information content (AvgIpc) is 2.38. The van der Waals surface area contributed by atoms with Gasteiger partial charge in [0.15, 0.2) is 5.78 Å². The Balaban J connectivity index is 2.15. The molecule has 0 amide bonds. The maximum absolute atomic E-state index is 11.4. The van der Waals surface area contributed by atoms with Gasteiger partial charge < -0.3 is 10.1 Å². The summed E-state index contributed by atoms with van der Waals surface area (Å²) in [5, 5.41) is 3.42. The molecule has 0 radical (unpaired) electrons. The Kier molecular flexibility index (Phi) is 3.70. The number of Topliss-reactive ketones (excluding diaryl/α,β-unsaturated/α-hetero) is 1. The summed E-state index contributed by atoms with van der Waals surface area (Å²) in [5.41, 5.74) is 3.17. The molecule has 0 saturated heterocycles. The lowest BCUT2D eigenvalue weighted by Crippen LogP contribution is -2.26. The van der Waals surface area contributed by atoms with Crippen LogP contribution in [0.2, 0.25) is 0 Å². The number of carbonyl (C=O) groups excluding carboxylic acids is 1. The van der Waals surface area contributed by atoms with Crippen LogP contribution >= 0.6 is 0 Å². The lowest BCUT2D eigenvalue weighted by Gasteiger charge is -2.27. The lowest BCUT2D eigenvalue weighted by molar-refractivity contribution is -0.113. The van der Waals surface area contributed by atoms with Crippen LogP contribution in [0.1, 0.15) is 38.3 Å². The third-order valence-electron chi connectivity index (χ3n) is 3.47. The molecule has 1 heterocycles. The smallest absolute Gasteiger partial charge is 0.157 e. The summed E-state index contributed by atoms with van der Waals surface area (Å²) in [7, 11) is 1.67. The molecular weight excluding hydrogens is 226 g/mol. The Hall–Kier alpha value is -1.77. The van der Waals surface area contributed by atoms with E-state index in [9.17, 15) is 4.79 Å². The van der Waals surface area contributed by atoms with Gasteiger partial charge in [-0.25, -0.2) is 0 Å². The third kappa shape index (κ3) is 2.55. The number of allylic oxidation sites excluding steroid dienone is 2.